The molecular weight excluding hydrogens is 318 g/mol. The van der Waals surface area contributed by atoms with Gasteiger partial charge in [-0.2, -0.15) is 0 Å². The molecule has 1 atom stereocenters. The number of benzene rings is 1. The van der Waals surface area contributed by atoms with Crippen molar-refractivity contribution >= 4 is 11.4 Å². The molecule has 0 bridgehead atoms. The molecule has 2 aliphatic rings. The van der Waals surface area contributed by atoms with Crippen molar-refractivity contribution in [2.24, 2.45) is 4.99 Å². The Kier molecular flexibility index (Phi) is 5.27. The number of aryl methyl sites for hydroxylation is 1. The molecule has 0 radical (unpaired) electrons. The Bertz CT molecular complexity index is 844. The number of rotatable bonds is 5. The van der Waals surface area contributed by atoms with Gasteiger partial charge >= 0.3 is 0 Å². The largest absolute Gasteiger partial charge is 0.359 e. The van der Waals surface area contributed by atoms with Gasteiger partial charge < -0.3 is 10.2 Å². The molecule has 0 aromatic heterocycles. The van der Waals surface area contributed by atoms with Gasteiger partial charge in [-0.1, -0.05) is 49.4 Å². The summed E-state index contributed by atoms with van der Waals surface area (Å²) in [6.07, 6.45) is 11.5. The highest BCUT2D eigenvalue weighted by atomic mass is 15.3. The van der Waals surface area contributed by atoms with Crippen LogP contribution in [0.5, 0.6) is 0 Å². The minimum atomic E-state index is 0.113. The Morgan fingerprint density at radius 2 is 2.00 bits per heavy atom. The number of nitrogens with zero attached hydrogens (tertiary/aromatic N) is 2. The molecule has 1 aromatic carbocycles. The molecular formula is C23H27N3. The third-order valence-electron chi connectivity index (χ3n) is 4.52. The molecule has 1 N–H and O–H groups in total. The van der Waals surface area contributed by atoms with Crippen LogP contribution < -0.4 is 5.32 Å². The second-order valence-electron chi connectivity index (χ2n) is 6.84. The molecule has 0 spiro atoms. The Morgan fingerprint density at radius 3 is 2.62 bits per heavy atom. The summed E-state index contributed by atoms with van der Waals surface area (Å²) in [5.41, 5.74) is 7.89. The van der Waals surface area contributed by atoms with Crippen LogP contribution in [0.25, 0.3) is 5.70 Å². The third-order valence-corrected chi connectivity index (χ3v) is 4.52. The van der Waals surface area contributed by atoms with Gasteiger partial charge in [-0.15, -0.1) is 0 Å². The molecule has 1 unspecified atom stereocenters. The first-order valence-corrected chi connectivity index (χ1v) is 9.13. The predicted molar refractivity (Wildman–Crippen MR) is 111 cm³/mol. The lowest BCUT2D eigenvalue weighted by Crippen LogP contribution is -2.34. The predicted octanol–water partition coefficient (Wildman–Crippen LogP) is 5.31. The first-order chi connectivity index (χ1) is 12.5. The molecule has 0 saturated heterocycles. The molecule has 0 fully saturated rings. The van der Waals surface area contributed by atoms with E-state index in [1.54, 1.807) is 6.08 Å². The number of aliphatic imine (C=N–C) groups is 1. The average molecular weight is 345 g/mol. The normalized spacial score (nSPS) is 19.1. The number of nitrogens with one attached hydrogen (secondary N) is 1. The lowest BCUT2D eigenvalue weighted by molar-refractivity contribution is 0.402. The molecule has 0 saturated carbocycles. The van der Waals surface area contributed by atoms with E-state index in [1.807, 2.05) is 19.9 Å². The fourth-order valence-electron chi connectivity index (χ4n) is 3.24. The van der Waals surface area contributed by atoms with Crippen molar-refractivity contribution < 1.29 is 0 Å². The zero-order valence-corrected chi connectivity index (χ0v) is 16.1. The van der Waals surface area contributed by atoms with Gasteiger partial charge in [-0.05, 0) is 56.6 Å². The summed E-state index contributed by atoms with van der Waals surface area (Å²) >= 11 is 0. The molecule has 134 valence electrons. The Labute approximate surface area is 156 Å². The van der Waals surface area contributed by atoms with Crippen LogP contribution in [-0.2, 0) is 0 Å². The Hall–Kier alpha value is -2.81. The van der Waals surface area contributed by atoms with Gasteiger partial charge in [0, 0.05) is 11.9 Å². The Morgan fingerprint density at radius 1 is 1.27 bits per heavy atom. The highest BCUT2D eigenvalue weighted by Crippen LogP contribution is 2.36. The van der Waals surface area contributed by atoms with Gasteiger partial charge in [0.15, 0.2) is 0 Å². The lowest BCUT2D eigenvalue weighted by atomic mass is 10.1. The minimum absolute atomic E-state index is 0.113. The molecule has 3 rings (SSSR count). The van der Waals surface area contributed by atoms with E-state index >= 15 is 0 Å². The van der Waals surface area contributed by atoms with Gasteiger partial charge in [-0.25, -0.2) is 0 Å². The van der Waals surface area contributed by atoms with Crippen molar-refractivity contribution in [2.45, 2.75) is 40.3 Å². The maximum Gasteiger partial charge on any atom is 0.123 e. The van der Waals surface area contributed by atoms with E-state index in [4.69, 9.17) is 4.99 Å². The summed E-state index contributed by atoms with van der Waals surface area (Å²) < 4.78 is 0. The van der Waals surface area contributed by atoms with E-state index in [1.165, 1.54) is 16.7 Å². The van der Waals surface area contributed by atoms with Gasteiger partial charge in [0.05, 0.1) is 17.1 Å². The molecule has 3 nitrogen and oxygen atoms in total. The summed E-state index contributed by atoms with van der Waals surface area (Å²) in [4.78, 5) is 7.04. The lowest BCUT2D eigenvalue weighted by Gasteiger charge is -2.27. The van der Waals surface area contributed by atoms with Crippen molar-refractivity contribution in [1.29, 1.82) is 0 Å². The van der Waals surface area contributed by atoms with E-state index in [2.05, 4.69) is 73.3 Å². The molecule has 3 heteroatoms. The Balaban J connectivity index is 2.15. The average Bonchev–Trinajstić information content (AvgIpc) is 3.00. The van der Waals surface area contributed by atoms with Crippen molar-refractivity contribution in [2.75, 3.05) is 0 Å². The van der Waals surface area contributed by atoms with Crippen LogP contribution in [-0.4, -0.2) is 16.8 Å². The highest BCUT2D eigenvalue weighted by Gasteiger charge is 2.32. The molecule has 0 aliphatic carbocycles. The van der Waals surface area contributed by atoms with Crippen molar-refractivity contribution in [3.8, 4) is 0 Å². The van der Waals surface area contributed by atoms with Crippen molar-refractivity contribution in [3.05, 3.63) is 89.4 Å². The molecule has 2 heterocycles. The maximum absolute atomic E-state index is 4.78. The van der Waals surface area contributed by atoms with E-state index in [0.717, 1.165) is 29.2 Å². The zero-order valence-electron chi connectivity index (χ0n) is 16.1. The van der Waals surface area contributed by atoms with Crippen LogP contribution >= 0.6 is 0 Å². The quantitative estimate of drug-likeness (QED) is 0.578. The minimum Gasteiger partial charge on any atom is -0.359 e. The van der Waals surface area contributed by atoms with Gasteiger partial charge in [0.2, 0.25) is 0 Å². The zero-order chi connectivity index (χ0) is 18.7. The van der Waals surface area contributed by atoms with Gasteiger partial charge in [-0.3, -0.25) is 4.99 Å². The van der Waals surface area contributed by atoms with Gasteiger partial charge in [0.1, 0.15) is 6.17 Å². The van der Waals surface area contributed by atoms with Crippen LogP contribution in [0.2, 0.25) is 0 Å². The number of hydrogen-bond donors (Lipinski definition) is 1. The maximum atomic E-state index is 4.78. The summed E-state index contributed by atoms with van der Waals surface area (Å²) in [7, 11) is 0. The smallest absolute Gasteiger partial charge is 0.123 e. The monoisotopic (exact) mass is 345 g/mol. The van der Waals surface area contributed by atoms with Gasteiger partial charge in [0.25, 0.3) is 0 Å². The first kappa shape index (κ1) is 18.0. The van der Waals surface area contributed by atoms with Crippen molar-refractivity contribution in [3.63, 3.8) is 0 Å². The van der Waals surface area contributed by atoms with E-state index in [-0.39, 0.29) is 6.17 Å². The summed E-state index contributed by atoms with van der Waals surface area (Å²) in [6, 6.07) is 8.62. The fraction of sp³-hybridized carbons (Fsp3) is 0.261. The second kappa shape index (κ2) is 7.61. The number of allylic oxidation sites excluding steroid dienone is 4. The number of hydrogen-bond acceptors (Lipinski definition) is 3. The van der Waals surface area contributed by atoms with Crippen molar-refractivity contribution in [1.82, 2.24) is 10.2 Å². The summed E-state index contributed by atoms with van der Waals surface area (Å²) in [5.74, 6) is 0. The van der Waals surface area contributed by atoms with Crippen LogP contribution in [0.1, 0.15) is 38.3 Å². The van der Waals surface area contributed by atoms with Crippen LogP contribution in [0.15, 0.2) is 83.3 Å². The molecule has 1 aromatic rings. The van der Waals surface area contributed by atoms with E-state index in [9.17, 15) is 0 Å². The molecule has 0 amide bonds. The molecule has 2 aliphatic heterocycles. The second-order valence-corrected chi connectivity index (χ2v) is 6.84. The summed E-state index contributed by atoms with van der Waals surface area (Å²) in [5, 5.41) is 3.69. The molecule has 26 heavy (non-hydrogen) atoms. The summed E-state index contributed by atoms with van der Waals surface area (Å²) in [6.45, 7) is 12.2. The number of fused-ring (bicyclic) bond motifs is 1. The first-order valence-electron chi connectivity index (χ1n) is 9.13. The topological polar surface area (TPSA) is 27.6 Å². The van der Waals surface area contributed by atoms with Crippen LogP contribution in [0, 0.1) is 6.92 Å². The van der Waals surface area contributed by atoms with E-state index < -0.39 is 0 Å². The van der Waals surface area contributed by atoms with E-state index in [0.29, 0.717) is 0 Å². The fourth-order valence-corrected chi connectivity index (χ4v) is 3.24. The van der Waals surface area contributed by atoms with Crippen LogP contribution in [0.3, 0.4) is 0 Å². The SMILES string of the molecule is C=C/C=C(\N=C(C)C)C1=C(c2ccc(C)cc2)NC2C=C(CC)C=CN12. The highest BCUT2D eigenvalue weighted by molar-refractivity contribution is 5.82. The standard InChI is InChI=1S/C23H27N3/c1-6-8-20(24-16(3)4)23-22(19-11-9-17(5)10-12-19)25-21-15-18(7-2)13-14-26(21)23/h6,8-15,21,25H,1,7H2,2-5H3/b20-8-. The third kappa shape index (κ3) is 3.57. The van der Waals surface area contributed by atoms with Crippen LogP contribution in [0.4, 0.5) is 0 Å².